The highest BCUT2D eigenvalue weighted by molar-refractivity contribution is 9.10. The van der Waals surface area contributed by atoms with Crippen molar-refractivity contribution < 1.29 is 19.1 Å². The van der Waals surface area contributed by atoms with Crippen molar-refractivity contribution in [1.82, 2.24) is 5.32 Å². The van der Waals surface area contributed by atoms with Crippen molar-refractivity contribution in [1.29, 1.82) is 0 Å². The number of rotatable bonds is 6. The van der Waals surface area contributed by atoms with Crippen LogP contribution in [0.4, 0.5) is 4.39 Å². The van der Waals surface area contributed by atoms with E-state index in [1.165, 1.54) is 12.1 Å². The minimum absolute atomic E-state index is 0.0111. The molecule has 0 radical (unpaired) electrons. The maximum Gasteiger partial charge on any atom is 0.308 e. The van der Waals surface area contributed by atoms with E-state index in [1.807, 2.05) is 6.92 Å². The summed E-state index contributed by atoms with van der Waals surface area (Å²) in [4.78, 5) is 22.8. The molecule has 0 spiro atoms. The van der Waals surface area contributed by atoms with Gasteiger partial charge in [0, 0.05) is 11.0 Å². The lowest BCUT2D eigenvalue weighted by molar-refractivity contribution is -0.141. The number of aliphatic carboxylic acids is 1. The molecule has 0 fully saturated rings. The van der Waals surface area contributed by atoms with Crippen LogP contribution >= 0.6 is 15.9 Å². The molecule has 1 rings (SSSR count). The molecular formula is C13H15BrFNO3. The fraction of sp³-hybridized carbons (Fsp3) is 0.385. The SMILES string of the molecule is CCCC(CNC(=O)c1c(F)cccc1Br)C(=O)O. The number of carbonyl (C=O) groups excluding carboxylic acids is 1. The van der Waals surface area contributed by atoms with E-state index in [9.17, 15) is 14.0 Å². The molecule has 0 bridgehead atoms. The topological polar surface area (TPSA) is 66.4 Å². The van der Waals surface area contributed by atoms with E-state index in [0.717, 1.165) is 0 Å². The molecule has 1 amide bonds. The lowest BCUT2D eigenvalue weighted by atomic mass is 10.0. The maximum absolute atomic E-state index is 13.5. The van der Waals surface area contributed by atoms with Gasteiger partial charge in [0.25, 0.3) is 5.91 Å². The predicted molar refractivity (Wildman–Crippen MR) is 72.5 cm³/mol. The first kappa shape index (κ1) is 15.6. The van der Waals surface area contributed by atoms with Crippen molar-refractivity contribution in [3.63, 3.8) is 0 Å². The first-order valence-electron chi connectivity index (χ1n) is 5.92. The van der Waals surface area contributed by atoms with Gasteiger partial charge in [-0.05, 0) is 34.5 Å². The number of benzene rings is 1. The fourth-order valence-corrected chi connectivity index (χ4v) is 2.20. The van der Waals surface area contributed by atoms with Crippen LogP contribution in [-0.2, 0) is 4.79 Å². The highest BCUT2D eigenvalue weighted by Crippen LogP contribution is 2.19. The molecule has 0 aliphatic rings. The van der Waals surface area contributed by atoms with Crippen LogP contribution in [0.2, 0.25) is 0 Å². The summed E-state index contributed by atoms with van der Waals surface area (Å²) in [6.07, 6.45) is 1.17. The van der Waals surface area contributed by atoms with Crippen molar-refractivity contribution in [2.24, 2.45) is 5.92 Å². The maximum atomic E-state index is 13.5. The third-order valence-electron chi connectivity index (χ3n) is 2.69. The molecule has 0 aromatic heterocycles. The number of amides is 1. The summed E-state index contributed by atoms with van der Waals surface area (Å²) in [6, 6.07) is 4.21. The van der Waals surface area contributed by atoms with Crippen LogP contribution in [0, 0.1) is 11.7 Å². The molecule has 2 N–H and O–H groups in total. The Balaban J connectivity index is 2.72. The number of hydrogen-bond donors (Lipinski definition) is 2. The lowest BCUT2D eigenvalue weighted by Crippen LogP contribution is -2.33. The summed E-state index contributed by atoms with van der Waals surface area (Å²) < 4.78 is 13.9. The molecule has 1 atom stereocenters. The van der Waals surface area contributed by atoms with Gasteiger partial charge >= 0.3 is 5.97 Å². The molecule has 4 nitrogen and oxygen atoms in total. The average Bonchev–Trinajstić information content (AvgIpc) is 2.33. The summed E-state index contributed by atoms with van der Waals surface area (Å²) >= 11 is 3.10. The van der Waals surface area contributed by atoms with Crippen molar-refractivity contribution >= 4 is 27.8 Å². The van der Waals surface area contributed by atoms with Gasteiger partial charge in [-0.15, -0.1) is 0 Å². The molecule has 104 valence electrons. The largest absolute Gasteiger partial charge is 0.481 e. The number of carboxylic acids is 1. The molecule has 1 aromatic carbocycles. The molecule has 0 saturated heterocycles. The van der Waals surface area contributed by atoms with Crippen LogP contribution in [0.3, 0.4) is 0 Å². The number of hydrogen-bond acceptors (Lipinski definition) is 2. The third kappa shape index (κ3) is 4.31. The Morgan fingerprint density at radius 2 is 2.16 bits per heavy atom. The molecule has 19 heavy (non-hydrogen) atoms. The highest BCUT2D eigenvalue weighted by Gasteiger charge is 2.20. The standard InChI is InChI=1S/C13H15BrFNO3/c1-2-4-8(13(18)19)7-16-12(17)11-9(14)5-3-6-10(11)15/h3,5-6,8H,2,4,7H2,1H3,(H,16,17)(H,18,19). The van der Waals surface area contributed by atoms with Gasteiger partial charge in [-0.3, -0.25) is 9.59 Å². The van der Waals surface area contributed by atoms with Gasteiger partial charge in [0.05, 0.1) is 11.5 Å². The van der Waals surface area contributed by atoms with Crippen LogP contribution in [0.1, 0.15) is 30.1 Å². The molecule has 1 unspecified atom stereocenters. The lowest BCUT2D eigenvalue weighted by Gasteiger charge is -2.13. The predicted octanol–water partition coefficient (Wildman–Crippen LogP) is 2.82. The molecule has 0 saturated carbocycles. The minimum atomic E-state index is -0.963. The second kappa shape index (κ2) is 7.23. The van der Waals surface area contributed by atoms with E-state index in [4.69, 9.17) is 5.11 Å². The van der Waals surface area contributed by atoms with Gasteiger partial charge in [0.1, 0.15) is 5.82 Å². The smallest absolute Gasteiger partial charge is 0.308 e. The summed E-state index contributed by atoms with van der Waals surface area (Å²) in [7, 11) is 0. The Bertz CT molecular complexity index is 459. The van der Waals surface area contributed by atoms with Gasteiger partial charge in [-0.1, -0.05) is 19.4 Å². The summed E-state index contributed by atoms with van der Waals surface area (Å²) in [5, 5.41) is 11.4. The van der Waals surface area contributed by atoms with Gasteiger partial charge in [0.2, 0.25) is 0 Å². The zero-order valence-electron chi connectivity index (χ0n) is 10.5. The van der Waals surface area contributed by atoms with Crippen LogP contribution in [-0.4, -0.2) is 23.5 Å². The monoisotopic (exact) mass is 331 g/mol. The molecular weight excluding hydrogens is 317 g/mol. The van der Waals surface area contributed by atoms with Crippen molar-refractivity contribution in [2.75, 3.05) is 6.54 Å². The van der Waals surface area contributed by atoms with E-state index in [2.05, 4.69) is 21.2 Å². The van der Waals surface area contributed by atoms with Crippen molar-refractivity contribution in [3.8, 4) is 0 Å². The Labute approximate surface area is 119 Å². The summed E-state index contributed by atoms with van der Waals surface area (Å²) in [5.41, 5.74) is -0.108. The highest BCUT2D eigenvalue weighted by atomic mass is 79.9. The zero-order chi connectivity index (χ0) is 14.4. The van der Waals surface area contributed by atoms with Crippen molar-refractivity contribution in [2.45, 2.75) is 19.8 Å². The molecule has 0 aliphatic heterocycles. The number of halogens is 2. The van der Waals surface area contributed by atoms with Gasteiger partial charge in [0.15, 0.2) is 0 Å². The summed E-state index contributed by atoms with van der Waals surface area (Å²) in [6.45, 7) is 1.86. The van der Waals surface area contributed by atoms with Crippen LogP contribution < -0.4 is 5.32 Å². The van der Waals surface area contributed by atoms with E-state index in [-0.39, 0.29) is 12.1 Å². The Hall–Kier alpha value is -1.43. The second-order valence-electron chi connectivity index (χ2n) is 4.13. The quantitative estimate of drug-likeness (QED) is 0.842. The number of nitrogens with one attached hydrogen (secondary N) is 1. The first-order valence-corrected chi connectivity index (χ1v) is 6.71. The normalized spacial score (nSPS) is 11.9. The number of carboxylic acid groups (broad SMARTS) is 1. The zero-order valence-corrected chi connectivity index (χ0v) is 12.0. The van der Waals surface area contributed by atoms with Gasteiger partial charge < -0.3 is 10.4 Å². The second-order valence-corrected chi connectivity index (χ2v) is 4.98. The van der Waals surface area contributed by atoms with E-state index >= 15 is 0 Å². The van der Waals surface area contributed by atoms with Crippen molar-refractivity contribution in [3.05, 3.63) is 34.1 Å². The Morgan fingerprint density at radius 3 is 2.68 bits per heavy atom. The Kier molecular flexibility index (Phi) is 5.95. The molecule has 1 aromatic rings. The van der Waals surface area contributed by atoms with Crippen LogP contribution in [0.5, 0.6) is 0 Å². The minimum Gasteiger partial charge on any atom is -0.481 e. The number of carbonyl (C=O) groups is 2. The van der Waals surface area contributed by atoms with Gasteiger partial charge in [-0.25, -0.2) is 4.39 Å². The molecule has 0 heterocycles. The van der Waals surface area contributed by atoms with Crippen LogP contribution in [0.25, 0.3) is 0 Å². The Morgan fingerprint density at radius 1 is 1.47 bits per heavy atom. The third-order valence-corrected chi connectivity index (χ3v) is 3.35. The fourth-order valence-electron chi connectivity index (χ4n) is 1.68. The average molecular weight is 332 g/mol. The molecule has 0 aliphatic carbocycles. The first-order chi connectivity index (χ1) is 8.97. The van der Waals surface area contributed by atoms with E-state index < -0.39 is 23.6 Å². The van der Waals surface area contributed by atoms with Gasteiger partial charge in [-0.2, -0.15) is 0 Å². The molecule has 6 heteroatoms. The van der Waals surface area contributed by atoms with E-state index in [0.29, 0.717) is 17.3 Å². The summed E-state index contributed by atoms with van der Waals surface area (Å²) in [5.74, 6) is -2.88. The van der Waals surface area contributed by atoms with Crippen LogP contribution in [0.15, 0.2) is 22.7 Å². The van der Waals surface area contributed by atoms with E-state index in [1.54, 1.807) is 6.07 Å².